The van der Waals surface area contributed by atoms with Crippen molar-refractivity contribution in [2.45, 2.75) is 45.8 Å². The third-order valence-corrected chi connectivity index (χ3v) is 4.92. The van der Waals surface area contributed by atoms with Crippen molar-refractivity contribution in [3.63, 3.8) is 0 Å². The molecule has 0 atom stereocenters. The number of benzene rings is 1. The van der Waals surface area contributed by atoms with Crippen LogP contribution in [0.3, 0.4) is 0 Å². The zero-order valence-corrected chi connectivity index (χ0v) is 16.5. The molecule has 1 saturated heterocycles. The van der Waals surface area contributed by atoms with E-state index in [0.29, 0.717) is 28.2 Å². The Morgan fingerprint density at radius 1 is 1.15 bits per heavy atom. The van der Waals surface area contributed by atoms with Gasteiger partial charge in [-0.1, -0.05) is 11.6 Å². The molecule has 7 heteroatoms. The van der Waals surface area contributed by atoms with Gasteiger partial charge in [-0.2, -0.15) is 0 Å². The molecule has 0 N–H and O–H groups in total. The Kier molecular flexibility index (Phi) is 4.52. The number of halogens is 1. The van der Waals surface area contributed by atoms with Crippen molar-refractivity contribution in [3.8, 4) is 11.3 Å². The van der Waals surface area contributed by atoms with Crippen LogP contribution in [0.1, 0.15) is 39.0 Å². The second-order valence-electron chi connectivity index (χ2n) is 7.59. The number of hydrogen-bond donors (Lipinski definition) is 0. The molecule has 2 aromatic rings. The minimum absolute atomic E-state index is 0.0409. The molecule has 3 rings (SSSR count). The molecule has 1 aromatic carbocycles. The van der Waals surface area contributed by atoms with Gasteiger partial charge >= 0.3 is 0 Å². The molecule has 2 heterocycles. The van der Waals surface area contributed by atoms with Gasteiger partial charge in [0.2, 0.25) is 0 Å². The quantitative estimate of drug-likeness (QED) is 0.401. The van der Waals surface area contributed by atoms with E-state index in [1.54, 1.807) is 39.0 Å². The predicted octanol–water partition coefficient (Wildman–Crippen LogP) is 5.36. The highest BCUT2D eigenvalue weighted by molar-refractivity contribution is 6.33. The van der Waals surface area contributed by atoms with E-state index in [2.05, 4.69) is 0 Å². The molecular formula is C20H20ClNO5. The largest absolute Gasteiger partial charge is 0.457 e. The number of Topliss-reactive ketones (excluding diaryl/α,β-unsaturated/α-hetero) is 1. The Bertz CT molecular complexity index is 984. The van der Waals surface area contributed by atoms with E-state index >= 15 is 0 Å². The van der Waals surface area contributed by atoms with Gasteiger partial charge in [-0.05, 0) is 64.5 Å². The Labute approximate surface area is 161 Å². The number of carbonyl (C=O) groups is 1. The standard InChI is InChI=1S/C20H20ClNO5/c1-11-8-16(22(24)25)15(21)10-13(11)17-7-6-12(26-17)9-14-18(23)20(4,5)27-19(14,2)3/h6-10H,1-5H3/b14-9+. The normalized spacial score (nSPS) is 19.6. The number of nitrogens with zero attached hydrogens (tertiary/aromatic N) is 1. The maximum atomic E-state index is 12.6. The molecule has 0 radical (unpaired) electrons. The van der Waals surface area contributed by atoms with Crippen LogP contribution in [0.4, 0.5) is 5.69 Å². The number of ether oxygens (including phenoxy) is 1. The van der Waals surface area contributed by atoms with Crippen LogP contribution in [-0.2, 0) is 9.53 Å². The fraction of sp³-hybridized carbons (Fsp3) is 0.350. The average Bonchev–Trinajstić information content (AvgIpc) is 3.05. The molecule has 1 aliphatic heterocycles. The fourth-order valence-corrected chi connectivity index (χ4v) is 3.60. The number of nitro benzene ring substituents is 1. The number of carbonyl (C=O) groups excluding carboxylic acids is 1. The second-order valence-corrected chi connectivity index (χ2v) is 7.99. The summed E-state index contributed by atoms with van der Waals surface area (Å²) in [5.74, 6) is 0.927. The second kappa shape index (κ2) is 6.32. The predicted molar refractivity (Wildman–Crippen MR) is 103 cm³/mol. The molecule has 27 heavy (non-hydrogen) atoms. The maximum absolute atomic E-state index is 12.6. The number of hydrogen-bond acceptors (Lipinski definition) is 5. The monoisotopic (exact) mass is 389 g/mol. The minimum Gasteiger partial charge on any atom is -0.457 e. The van der Waals surface area contributed by atoms with Crippen molar-refractivity contribution in [2.75, 3.05) is 0 Å². The first-order valence-electron chi connectivity index (χ1n) is 8.44. The summed E-state index contributed by atoms with van der Waals surface area (Å²) >= 11 is 6.02. The summed E-state index contributed by atoms with van der Waals surface area (Å²) < 4.78 is 11.7. The van der Waals surface area contributed by atoms with Gasteiger partial charge in [0.25, 0.3) is 5.69 Å². The summed E-state index contributed by atoms with van der Waals surface area (Å²) in [6, 6.07) is 6.42. The van der Waals surface area contributed by atoms with Crippen LogP contribution in [0.2, 0.25) is 5.02 Å². The number of ketones is 1. The third kappa shape index (κ3) is 3.42. The van der Waals surface area contributed by atoms with Gasteiger partial charge < -0.3 is 9.15 Å². The van der Waals surface area contributed by atoms with E-state index in [1.807, 2.05) is 13.8 Å². The van der Waals surface area contributed by atoms with Gasteiger partial charge in [-0.3, -0.25) is 14.9 Å². The molecule has 6 nitrogen and oxygen atoms in total. The lowest BCUT2D eigenvalue weighted by Crippen LogP contribution is -2.29. The van der Waals surface area contributed by atoms with Crippen molar-refractivity contribution in [3.05, 3.63) is 56.3 Å². The number of nitro groups is 1. The third-order valence-electron chi connectivity index (χ3n) is 4.62. The first-order valence-corrected chi connectivity index (χ1v) is 8.82. The van der Waals surface area contributed by atoms with Crippen LogP contribution in [0.15, 0.2) is 34.3 Å². The molecular weight excluding hydrogens is 370 g/mol. The van der Waals surface area contributed by atoms with Gasteiger partial charge in [0.1, 0.15) is 22.1 Å². The highest BCUT2D eigenvalue weighted by Crippen LogP contribution is 2.40. The van der Waals surface area contributed by atoms with Gasteiger partial charge in [0.15, 0.2) is 5.78 Å². The molecule has 0 bridgehead atoms. The Hall–Kier alpha value is -2.44. The fourth-order valence-electron chi connectivity index (χ4n) is 3.37. The van der Waals surface area contributed by atoms with E-state index in [9.17, 15) is 14.9 Å². The van der Waals surface area contributed by atoms with Gasteiger partial charge in [-0.25, -0.2) is 0 Å². The summed E-state index contributed by atoms with van der Waals surface area (Å²) in [6.45, 7) is 8.92. The van der Waals surface area contributed by atoms with Crippen LogP contribution in [0.25, 0.3) is 17.4 Å². The molecule has 0 saturated carbocycles. The topological polar surface area (TPSA) is 82.6 Å². The van der Waals surface area contributed by atoms with Crippen LogP contribution in [-0.4, -0.2) is 21.9 Å². The summed E-state index contributed by atoms with van der Waals surface area (Å²) in [5, 5.41) is 11.1. The average molecular weight is 390 g/mol. The smallest absolute Gasteiger partial charge is 0.288 e. The van der Waals surface area contributed by atoms with Gasteiger partial charge in [0.05, 0.1) is 10.5 Å². The van der Waals surface area contributed by atoms with Gasteiger partial charge in [-0.15, -0.1) is 0 Å². The van der Waals surface area contributed by atoms with E-state index in [4.69, 9.17) is 20.8 Å². The lowest BCUT2D eigenvalue weighted by atomic mass is 9.92. The highest BCUT2D eigenvalue weighted by Gasteiger charge is 2.49. The van der Waals surface area contributed by atoms with Crippen LogP contribution < -0.4 is 0 Å². The Balaban J connectivity index is 2.00. The summed E-state index contributed by atoms with van der Waals surface area (Å²) in [5.41, 5.74) is 0.106. The first-order chi connectivity index (χ1) is 12.4. The molecule has 0 aliphatic carbocycles. The summed E-state index contributed by atoms with van der Waals surface area (Å²) in [7, 11) is 0. The highest BCUT2D eigenvalue weighted by atomic mass is 35.5. The number of aryl methyl sites for hydroxylation is 1. The number of furan rings is 1. The van der Waals surface area contributed by atoms with Crippen molar-refractivity contribution in [2.24, 2.45) is 0 Å². The van der Waals surface area contributed by atoms with Crippen molar-refractivity contribution < 1.29 is 18.9 Å². The molecule has 1 fully saturated rings. The van der Waals surface area contributed by atoms with Crippen LogP contribution in [0.5, 0.6) is 0 Å². The van der Waals surface area contributed by atoms with Gasteiger partial charge in [0, 0.05) is 17.2 Å². The van der Waals surface area contributed by atoms with E-state index in [0.717, 1.165) is 0 Å². The van der Waals surface area contributed by atoms with Crippen molar-refractivity contribution in [1.29, 1.82) is 0 Å². The first kappa shape index (κ1) is 19.3. The van der Waals surface area contributed by atoms with Crippen molar-refractivity contribution >= 4 is 29.1 Å². The lowest BCUT2D eigenvalue weighted by Gasteiger charge is -2.22. The van der Waals surface area contributed by atoms with E-state index in [1.165, 1.54) is 12.1 Å². The van der Waals surface area contributed by atoms with E-state index < -0.39 is 16.1 Å². The molecule has 0 amide bonds. The Morgan fingerprint density at radius 2 is 1.81 bits per heavy atom. The Morgan fingerprint density at radius 3 is 2.37 bits per heavy atom. The molecule has 1 aromatic heterocycles. The molecule has 142 valence electrons. The zero-order valence-electron chi connectivity index (χ0n) is 15.8. The summed E-state index contributed by atoms with van der Waals surface area (Å²) in [4.78, 5) is 23.1. The molecule has 0 spiro atoms. The zero-order chi connectivity index (χ0) is 20.1. The molecule has 0 unspecified atom stereocenters. The van der Waals surface area contributed by atoms with Crippen LogP contribution >= 0.6 is 11.6 Å². The maximum Gasteiger partial charge on any atom is 0.288 e. The number of rotatable bonds is 3. The minimum atomic E-state index is -0.882. The SMILES string of the molecule is Cc1cc([N+](=O)[O-])c(Cl)cc1-c1ccc(/C=C2\C(=O)C(C)(C)OC2(C)C)o1. The van der Waals surface area contributed by atoms with Crippen molar-refractivity contribution in [1.82, 2.24) is 0 Å². The summed E-state index contributed by atoms with van der Waals surface area (Å²) in [6.07, 6.45) is 1.68. The molecule has 1 aliphatic rings. The van der Waals surface area contributed by atoms with Crippen LogP contribution in [0, 0.1) is 17.0 Å². The lowest BCUT2D eigenvalue weighted by molar-refractivity contribution is -0.384. The van der Waals surface area contributed by atoms with E-state index in [-0.39, 0.29) is 16.5 Å².